The topological polar surface area (TPSA) is 73.6 Å². The number of hydrogen-bond acceptors (Lipinski definition) is 7. The zero-order valence-corrected chi connectivity index (χ0v) is 23.3. The Hall–Kier alpha value is -2.99. The van der Waals surface area contributed by atoms with Gasteiger partial charge in [0.1, 0.15) is 29.0 Å². The third-order valence-corrected chi connectivity index (χ3v) is 9.21. The molecular weight excluding hydrogens is 558 g/mol. The first-order valence-corrected chi connectivity index (χ1v) is 15.1. The summed E-state index contributed by atoms with van der Waals surface area (Å²) in [4.78, 5) is 10.7. The molecule has 7 nitrogen and oxygen atoms in total. The van der Waals surface area contributed by atoms with Crippen molar-refractivity contribution in [3.63, 3.8) is 0 Å². The Bertz CT molecular complexity index is 1360. The maximum Gasteiger partial charge on any atom is 0.282 e. The smallest absolute Gasteiger partial charge is 0.282 e. The zero-order valence-electron chi connectivity index (χ0n) is 22.5. The van der Waals surface area contributed by atoms with Gasteiger partial charge in [-0.05, 0) is 50.3 Å². The molecule has 2 aliphatic heterocycles. The predicted octanol–water partition coefficient (Wildman–Crippen LogP) is 7.71. The summed E-state index contributed by atoms with van der Waals surface area (Å²) in [5.41, 5.74) is 1.30. The summed E-state index contributed by atoms with van der Waals surface area (Å²) < 4.78 is 60.8. The molecule has 1 saturated carbocycles. The largest absolute Gasteiger partial charge is 0.493 e. The van der Waals surface area contributed by atoms with Crippen LogP contribution in [0.5, 0.6) is 5.75 Å². The Kier molecular flexibility index (Phi) is 8.57. The van der Waals surface area contributed by atoms with Gasteiger partial charge in [-0.3, -0.25) is 5.32 Å². The van der Waals surface area contributed by atoms with Crippen LogP contribution in [0.4, 0.5) is 17.6 Å². The van der Waals surface area contributed by atoms with Crippen LogP contribution < -0.4 is 10.1 Å². The van der Waals surface area contributed by atoms with Crippen molar-refractivity contribution in [3.8, 4) is 5.75 Å². The number of piperidine rings is 1. The van der Waals surface area contributed by atoms with Gasteiger partial charge in [0.25, 0.3) is 12.9 Å². The molecule has 3 aliphatic rings. The van der Waals surface area contributed by atoms with E-state index in [1.165, 1.54) is 43.4 Å². The van der Waals surface area contributed by atoms with Gasteiger partial charge < -0.3 is 9.57 Å². The van der Waals surface area contributed by atoms with E-state index in [0.29, 0.717) is 31.9 Å². The number of thiazole rings is 1. The molecule has 1 saturated heterocycles. The molecule has 3 aromatic rings. The number of aromatic nitrogens is 3. The van der Waals surface area contributed by atoms with Crippen LogP contribution in [-0.2, 0) is 4.84 Å². The Balaban J connectivity index is 1.11. The van der Waals surface area contributed by atoms with E-state index in [2.05, 4.69) is 15.6 Å². The summed E-state index contributed by atoms with van der Waals surface area (Å²) in [7, 11) is 0. The van der Waals surface area contributed by atoms with Gasteiger partial charge in [0.05, 0.1) is 17.3 Å². The van der Waals surface area contributed by atoms with E-state index >= 15 is 0 Å². The number of nitrogens with one attached hydrogen (secondary N) is 1. The van der Waals surface area contributed by atoms with Crippen molar-refractivity contribution in [2.75, 3.05) is 13.2 Å². The molecule has 41 heavy (non-hydrogen) atoms. The summed E-state index contributed by atoms with van der Waals surface area (Å²) in [6, 6.07) is 8.73. The van der Waals surface area contributed by atoms with Crippen LogP contribution in [0.2, 0.25) is 0 Å². The summed E-state index contributed by atoms with van der Waals surface area (Å²) in [6.45, 7) is 1.24. The van der Waals surface area contributed by atoms with E-state index in [1.54, 1.807) is 0 Å². The monoisotopic (exact) mass is 591 g/mol. The lowest BCUT2D eigenvalue weighted by molar-refractivity contribution is 0.0820. The molecule has 0 radical (unpaired) electrons. The van der Waals surface area contributed by atoms with Crippen LogP contribution in [0.3, 0.4) is 0 Å². The van der Waals surface area contributed by atoms with Gasteiger partial charge in [-0.2, -0.15) is 5.10 Å². The zero-order chi connectivity index (χ0) is 28.3. The fourth-order valence-corrected chi connectivity index (χ4v) is 6.97. The standard InChI is InChI=1S/C29H33F4N5O2S/c30-27(31)21-13-23(28(32)33)38(36-21)26-12-18(10-11-34-26)29-35-22(16-41-29)20-14-25(40-37-20)19-8-4-5-9-24(19)39-15-17-6-2-1-3-7-17/h4-5,8-9,13,16-18,25-28,34H,1-3,6-7,10-12,14-15H2. The molecule has 0 spiro atoms. The molecule has 4 heterocycles. The first kappa shape index (κ1) is 28.1. The summed E-state index contributed by atoms with van der Waals surface area (Å²) in [5.74, 6) is 1.39. The van der Waals surface area contributed by atoms with Gasteiger partial charge >= 0.3 is 0 Å². The molecule has 2 aromatic heterocycles. The Morgan fingerprint density at radius 1 is 1.07 bits per heavy atom. The highest BCUT2D eigenvalue weighted by molar-refractivity contribution is 7.10. The summed E-state index contributed by atoms with van der Waals surface area (Å²) in [5, 5.41) is 14.1. The number of hydrogen-bond donors (Lipinski definition) is 1. The number of oxime groups is 1. The van der Waals surface area contributed by atoms with Crippen LogP contribution >= 0.6 is 11.3 Å². The van der Waals surface area contributed by atoms with E-state index in [4.69, 9.17) is 14.6 Å². The SMILES string of the molecule is FC(F)c1cc(C(F)F)n(C2CC(c3nc(C4=NOC(c5ccccc5OCC5CCCCC5)C4)cs3)CCN2)n1. The molecule has 2 fully saturated rings. The lowest BCUT2D eigenvalue weighted by Crippen LogP contribution is -2.36. The number of ether oxygens (including phenoxy) is 1. The predicted molar refractivity (Wildman–Crippen MR) is 147 cm³/mol. The normalized spacial score (nSPS) is 23.7. The highest BCUT2D eigenvalue weighted by Crippen LogP contribution is 2.39. The van der Waals surface area contributed by atoms with Crippen molar-refractivity contribution >= 4 is 17.0 Å². The van der Waals surface area contributed by atoms with E-state index in [9.17, 15) is 17.6 Å². The molecular formula is C29H33F4N5O2S. The highest BCUT2D eigenvalue weighted by Gasteiger charge is 2.33. The van der Waals surface area contributed by atoms with Crippen LogP contribution in [0.15, 0.2) is 40.9 Å². The van der Waals surface area contributed by atoms with Crippen LogP contribution in [0, 0.1) is 5.92 Å². The first-order chi connectivity index (χ1) is 20.0. The van der Waals surface area contributed by atoms with Crippen molar-refractivity contribution in [2.24, 2.45) is 11.1 Å². The second kappa shape index (κ2) is 12.5. The van der Waals surface area contributed by atoms with E-state index in [1.807, 2.05) is 29.6 Å². The Morgan fingerprint density at radius 3 is 2.71 bits per heavy atom. The molecule has 0 bridgehead atoms. The molecule has 1 N–H and O–H groups in total. The minimum atomic E-state index is -2.91. The molecule has 3 atom stereocenters. The van der Waals surface area contributed by atoms with Gasteiger partial charge in [-0.1, -0.05) is 42.6 Å². The Labute approximate surface area is 239 Å². The van der Waals surface area contributed by atoms with Crippen LogP contribution in [0.25, 0.3) is 0 Å². The molecule has 1 aromatic carbocycles. The molecule has 3 unspecified atom stereocenters. The third-order valence-electron chi connectivity index (χ3n) is 8.21. The van der Waals surface area contributed by atoms with E-state index in [-0.39, 0.29) is 12.0 Å². The van der Waals surface area contributed by atoms with Gasteiger partial charge in [0.15, 0.2) is 6.10 Å². The Morgan fingerprint density at radius 2 is 1.90 bits per heavy atom. The van der Waals surface area contributed by atoms with Crippen molar-refractivity contribution in [2.45, 2.75) is 82.4 Å². The third kappa shape index (κ3) is 6.28. The van der Waals surface area contributed by atoms with Crippen molar-refractivity contribution in [3.05, 3.63) is 63.4 Å². The maximum absolute atomic E-state index is 13.6. The first-order valence-electron chi connectivity index (χ1n) is 14.3. The average Bonchev–Trinajstić information content (AvgIpc) is 3.76. The number of halogens is 4. The molecule has 220 valence electrons. The molecule has 6 rings (SSSR count). The molecule has 0 amide bonds. The van der Waals surface area contributed by atoms with E-state index in [0.717, 1.165) is 44.9 Å². The second-order valence-corrected chi connectivity index (χ2v) is 11.9. The maximum atomic E-state index is 13.6. The minimum absolute atomic E-state index is 0.0302. The van der Waals surface area contributed by atoms with Crippen molar-refractivity contribution in [1.29, 1.82) is 0 Å². The van der Waals surface area contributed by atoms with Crippen molar-refractivity contribution < 1.29 is 27.1 Å². The second-order valence-electron chi connectivity index (χ2n) is 11.0. The fourth-order valence-electron chi connectivity index (χ4n) is 6.00. The average molecular weight is 592 g/mol. The minimum Gasteiger partial charge on any atom is -0.493 e. The van der Waals surface area contributed by atoms with Gasteiger partial charge in [0.2, 0.25) is 0 Å². The van der Waals surface area contributed by atoms with Crippen LogP contribution in [0.1, 0.15) is 110 Å². The number of benzene rings is 1. The number of nitrogens with zero attached hydrogens (tertiary/aromatic N) is 4. The summed E-state index contributed by atoms with van der Waals surface area (Å²) >= 11 is 1.49. The lowest BCUT2D eigenvalue weighted by atomic mass is 9.90. The number of rotatable bonds is 9. The van der Waals surface area contributed by atoms with Crippen molar-refractivity contribution in [1.82, 2.24) is 20.1 Å². The fraction of sp³-hybridized carbons (Fsp3) is 0.552. The van der Waals surface area contributed by atoms with Gasteiger partial charge in [-0.25, -0.2) is 27.2 Å². The lowest BCUT2D eigenvalue weighted by Gasteiger charge is -2.30. The van der Waals surface area contributed by atoms with Gasteiger partial charge in [-0.15, -0.1) is 11.3 Å². The quantitative estimate of drug-likeness (QED) is 0.258. The highest BCUT2D eigenvalue weighted by atomic mass is 32.1. The molecule has 12 heteroatoms. The number of alkyl halides is 4. The molecule has 1 aliphatic carbocycles. The summed E-state index contributed by atoms with van der Waals surface area (Å²) in [6.07, 6.45) is 1.28. The van der Waals surface area contributed by atoms with Crippen LogP contribution in [-0.4, -0.2) is 33.6 Å². The van der Waals surface area contributed by atoms with Gasteiger partial charge in [0, 0.05) is 23.3 Å². The number of para-hydroxylation sites is 1. The van der Waals surface area contributed by atoms with E-state index < -0.39 is 30.4 Å².